The average molecular weight is 278 g/mol. The molecule has 1 aromatic rings. The average Bonchev–Trinajstić information content (AvgIpc) is 2.45. The summed E-state index contributed by atoms with van der Waals surface area (Å²) in [4.78, 5) is 11.6. The molecule has 0 aliphatic heterocycles. The van der Waals surface area contributed by atoms with Crippen LogP contribution in [0.3, 0.4) is 0 Å². The molecule has 20 heavy (non-hydrogen) atoms. The van der Waals surface area contributed by atoms with Gasteiger partial charge >= 0.3 is 5.97 Å². The highest BCUT2D eigenvalue weighted by molar-refractivity contribution is 5.79. The Morgan fingerprint density at radius 3 is 2.85 bits per heavy atom. The van der Waals surface area contributed by atoms with Crippen molar-refractivity contribution in [2.75, 3.05) is 7.11 Å². The Balaban J connectivity index is 2.43. The summed E-state index contributed by atoms with van der Waals surface area (Å²) < 4.78 is 5.22. The number of rotatable bonds is 5. The number of hydrogen-bond acceptors (Lipinski definition) is 3. The summed E-state index contributed by atoms with van der Waals surface area (Å²) in [6.45, 7) is 1.89. The smallest absolute Gasteiger partial charge is 0.336 e. The lowest BCUT2D eigenvalue weighted by molar-refractivity contribution is -0.162. The topological polar surface area (TPSA) is 66.8 Å². The highest BCUT2D eigenvalue weighted by Gasteiger charge is 2.45. The Labute approximate surface area is 119 Å². The third-order valence-electron chi connectivity index (χ3n) is 4.24. The van der Waals surface area contributed by atoms with Crippen LogP contribution in [0.25, 0.3) is 0 Å². The summed E-state index contributed by atoms with van der Waals surface area (Å²) in [5.74, 6) is -0.679. The van der Waals surface area contributed by atoms with Crippen molar-refractivity contribution in [2.24, 2.45) is 0 Å². The van der Waals surface area contributed by atoms with Gasteiger partial charge in [-0.25, -0.2) is 4.79 Å². The van der Waals surface area contributed by atoms with E-state index in [4.69, 9.17) is 4.74 Å². The van der Waals surface area contributed by atoms with Crippen molar-refractivity contribution in [1.82, 2.24) is 0 Å². The molecule has 0 saturated heterocycles. The van der Waals surface area contributed by atoms with Crippen molar-refractivity contribution in [1.29, 1.82) is 0 Å². The Bertz CT molecular complexity index is 497. The lowest BCUT2D eigenvalue weighted by atomic mass is 9.71. The van der Waals surface area contributed by atoms with E-state index < -0.39 is 11.6 Å². The maximum Gasteiger partial charge on any atom is 0.336 e. The van der Waals surface area contributed by atoms with E-state index in [2.05, 4.69) is 0 Å². The molecule has 2 rings (SSSR count). The van der Waals surface area contributed by atoms with Crippen LogP contribution in [0.1, 0.15) is 49.7 Å². The summed E-state index contributed by atoms with van der Waals surface area (Å²) in [7, 11) is 1.62. The number of ether oxygens (including phenoxy) is 1. The van der Waals surface area contributed by atoms with Crippen molar-refractivity contribution in [2.45, 2.75) is 50.5 Å². The zero-order valence-electron chi connectivity index (χ0n) is 12.1. The second-order valence-corrected chi connectivity index (χ2v) is 5.49. The Morgan fingerprint density at radius 1 is 1.50 bits per heavy atom. The van der Waals surface area contributed by atoms with Crippen molar-refractivity contribution < 1.29 is 19.7 Å². The number of carboxylic acid groups (broad SMARTS) is 1. The molecule has 1 aliphatic carbocycles. The van der Waals surface area contributed by atoms with Crippen LogP contribution >= 0.6 is 0 Å². The van der Waals surface area contributed by atoms with Crippen LogP contribution in [0.2, 0.25) is 0 Å². The molecule has 110 valence electrons. The molecular weight excluding hydrogens is 256 g/mol. The minimum absolute atomic E-state index is 0.276. The fourth-order valence-electron chi connectivity index (χ4n) is 3.23. The highest BCUT2D eigenvalue weighted by Crippen LogP contribution is 2.42. The standard InChI is InChI=1S/C16H22O4/c1-3-9-16(19,15(17)18)14-6-4-5-11-10-12(20-2)7-8-13(11)14/h7-8,10,14,19H,3-6,9H2,1-2H3,(H,17,18). The molecule has 0 amide bonds. The van der Waals surface area contributed by atoms with E-state index in [0.717, 1.165) is 29.7 Å². The highest BCUT2D eigenvalue weighted by atomic mass is 16.5. The molecule has 0 radical (unpaired) electrons. The van der Waals surface area contributed by atoms with Gasteiger partial charge in [-0.15, -0.1) is 0 Å². The first-order chi connectivity index (χ1) is 9.52. The molecule has 2 atom stereocenters. The second-order valence-electron chi connectivity index (χ2n) is 5.49. The van der Waals surface area contributed by atoms with Crippen LogP contribution in [0.5, 0.6) is 5.75 Å². The molecule has 0 fully saturated rings. The molecule has 1 aromatic carbocycles. The molecule has 4 heteroatoms. The van der Waals surface area contributed by atoms with Gasteiger partial charge in [0.15, 0.2) is 5.60 Å². The number of aliphatic carboxylic acids is 1. The van der Waals surface area contributed by atoms with Crippen LogP contribution in [-0.2, 0) is 11.2 Å². The molecule has 1 aliphatic rings. The fourth-order valence-corrected chi connectivity index (χ4v) is 3.23. The van der Waals surface area contributed by atoms with Crippen molar-refractivity contribution >= 4 is 5.97 Å². The summed E-state index contributed by atoms with van der Waals surface area (Å²) in [6, 6.07) is 5.70. The second kappa shape index (κ2) is 5.83. The molecule has 2 unspecified atom stereocenters. The molecule has 0 saturated carbocycles. The van der Waals surface area contributed by atoms with Gasteiger partial charge in [-0.3, -0.25) is 0 Å². The fraction of sp³-hybridized carbons (Fsp3) is 0.562. The zero-order valence-corrected chi connectivity index (χ0v) is 12.1. The third kappa shape index (κ3) is 2.52. The summed E-state index contributed by atoms with van der Waals surface area (Å²) in [6.07, 6.45) is 3.43. The van der Waals surface area contributed by atoms with Gasteiger partial charge in [-0.2, -0.15) is 0 Å². The van der Waals surface area contributed by atoms with Gasteiger partial charge in [-0.05, 0) is 48.9 Å². The molecule has 2 N–H and O–H groups in total. The van der Waals surface area contributed by atoms with E-state index in [9.17, 15) is 15.0 Å². The van der Waals surface area contributed by atoms with E-state index >= 15 is 0 Å². The first kappa shape index (κ1) is 14.9. The molecule has 0 bridgehead atoms. The lowest BCUT2D eigenvalue weighted by Gasteiger charge is -2.36. The maximum absolute atomic E-state index is 11.6. The predicted molar refractivity (Wildman–Crippen MR) is 76.2 cm³/mol. The SMILES string of the molecule is CCCC(O)(C(=O)O)C1CCCc2cc(OC)ccc21. The monoisotopic (exact) mass is 278 g/mol. The molecule has 0 heterocycles. The minimum atomic E-state index is -1.67. The summed E-state index contributed by atoms with van der Waals surface area (Å²) in [5, 5.41) is 20.1. The Morgan fingerprint density at radius 2 is 2.25 bits per heavy atom. The molecule has 0 spiro atoms. The van der Waals surface area contributed by atoms with E-state index in [1.54, 1.807) is 7.11 Å². The maximum atomic E-state index is 11.6. The van der Waals surface area contributed by atoms with Crippen LogP contribution in [0.15, 0.2) is 18.2 Å². The van der Waals surface area contributed by atoms with Gasteiger partial charge in [0.05, 0.1) is 7.11 Å². The van der Waals surface area contributed by atoms with Gasteiger partial charge in [0.25, 0.3) is 0 Å². The van der Waals surface area contributed by atoms with E-state index in [1.165, 1.54) is 0 Å². The van der Waals surface area contributed by atoms with Gasteiger partial charge in [0, 0.05) is 5.92 Å². The van der Waals surface area contributed by atoms with Gasteiger partial charge in [-0.1, -0.05) is 19.4 Å². The normalized spacial score (nSPS) is 20.9. The van der Waals surface area contributed by atoms with E-state index in [0.29, 0.717) is 12.8 Å². The first-order valence-corrected chi connectivity index (χ1v) is 7.15. The largest absolute Gasteiger partial charge is 0.497 e. The zero-order chi connectivity index (χ0) is 14.8. The Kier molecular flexibility index (Phi) is 4.33. The summed E-state index contributed by atoms with van der Waals surface area (Å²) in [5.41, 5.74) is 0.380. The number of aliphatic hydroxyl groups is 1. The lowest BCUT2D eigenvalue weighted by Crippen LogP contribution is -2.45. The van der Waals surface area contributed by atoms with Crippen molar-refractivity contribution in [3.63, 3.8) is 0 Å². The quantitative estimate of drug-likeness (QED) is 0.869. The number of benzene rings is 1. The van der Waals surface area contributed by atoms with Crippen LogP contribution in [0.4, 0.5) is 0 Å². The number of methoxy groups -OCH3 is 1. The van der Waals surface area contributed by atoms with Gasteiger partial charge in [0.1, 0.15) is 5.75 Å². The number of carbonyl (C=O) groups is 1. The molecule has 0 aromatic heterocycles. The van der Waals surface area contributed by atoms with E-state index in [-0.39, 0.29) is 12.3 Å². The first-order valence-electron chi connectivity index (χ1n) is 7.15. The molecule has 4 nitrogen and oxygen atoms in total. The number of fused-ring (bicyclic) bond motifs is 1. The van der Waals surface area contributed by atoms with Crippen LogP contribution in [0, 0.1) is 0 Å². The summed E-state index contributed by atoms with van der Waals surface area (Å²) >= 11 is 0. The van der Waals surface area contributed by atoms with Gasteiger partial charge < -0.3 is 14.9 Å². The van der Waals surface area contributed by atoms with Crippen molar-refractivity contribution in [3.05, 3.63) is 29.3 Å². The number of carboxylic acids is 1. The third-order valence-corrected chi connectivity index (χ3v) is 4.24. The van der Waals surface area contributed by atoms with Crippen molar-refractivity contribution in [3.8, 4) is 5.75 Å². The van der Waals surface area contributed by atoms with Crippen LogP contribution < -0.4 is 4.74 Å². The van der Waals surface area contributed by atoms with E-state index in [1.807, 2.05) is 25.1 Å². The van der Waals surface area contributed by atoms with Crippen LogP contribution in [-0.4, -0.2) is 28.9 Å². The molecular formula is C16H22O4. The number of hydrogen-bond donors (Lipinski definition) is 2. The predicted octanol–water partition coefficient (Wildman–Crippen LogP) is 2.73. The van der Waals surface area contributed by atoms with Gasteiger partial charge in [0.2, 0.25) is 0 Å². The Hall–Kier alpha value is -1.55. The minimum Gasteiger partial charge on any atom is -0.497 e. The number of aryl methyl sites for hydroxylation is 1.